The second-order valence-corrected chi connectivity index (χ2v) is 3.23. The Morgan fingerprint density at radius 2 is 2.12 bits per heavy atom. The van der Waals surface area contributed by atoms with Gasteiger partial charge >= 0.3 is 0 Å². The van der Waals surface area contributed by atoms with Crippen molar-refractivity contribution >= 4 is 11.6 Å². The number of nitrogen functional groups attached to an aromatic ring is 1. The van der Waals surface area contributed by atoms with Gasteiger partial charge in [-0.25, -0.2) is 0 Å². The highest BCUT2D eigenvalue weighted by Crippen LogP contribution is 2.02. The molecule has 0 aliphatic rings. The van der Waals surface area contributed by atoms with Crippen molar-refractivity contribution in [2.24, 2.45) is 0 Å². The Kier molecular flexibility index (Phi) is 6.20. The van der Waals surface area contributed by atoms with Gasteiger partial charge in [-0.2, -0.15) is 0 Å². The van der Waals surface area contributed by atoms with E-state index >= 15 is 0 Å². The van der Waals surface area contributed by atoms with Gasteiger partial charge in [0.15, 0.2) is 0 Å². The van der Waals surface area contributed by atoms with Gasteiger partial charge < -0.3 is 20.5 Å². The molecule has 0 amide bonds. The standard InChI is InChI=1S/C10H18N4O2/c1-15-7-8-16-6-2-5-12-10-4-3-9(11)13-14-10/h3-4H,2,5-8H2,1H3,(H2,11,13)(H,12,14). The number of nitrogens with zero attached hydrogens (tertiary/aromatic N) is 2. The van der Waals surface area contributed by atoms with Gasteiger partial charge in [-0.15, -0.1) is 10.2 Å². The van der Waals surface area contributed by atoms with Crippen molar-refractivity contribution in [3.05, 3.63) is 12.1 Å². The van der Waals surface area contributed by atoms with Crippen LogP contribution in [0.3, 0.4) is 0 Å². The van der Waals surface area contributed by atoms with Gasteiger partial charge in [0.25, 0.3) is 0 Å². The van der Waals surface area contributed by atoms with Crippen molar-refractivity contribution in [1.82, 2.24) is 10.2 Å². The molecule has 3 N–H and O–H groups in total. The highest BCUT2D eigenvalue weighted by atomic mass is 16.5. The lowest BCUT2D eigenvalue weighted by Crippen LogP contribution is -2.09. The molecule has 1 heterocycles. The summed E-state index contributed by atoms with van der Waals surface area (Å²) in [5, 5.41) is 10.7. The van der Waals surface area contributed by atoms with Crippen LogP contribution in [0, 0.1) is 0 Å². The Morgan fingerprint density at radius 1 is 1.25 bits per heavy atom. The largest absolute Gasteiger partial charge is 0.382 e. The minimum absolute atomic E-state index is 0.424. The van der Waals surface area contributed by atoms with E-state index in [0.29, 0.717) is 25.6 Å². The lowest BCUT2D eigenvalue weighted by Gasteiger charge is -2.05. The van der Waals surface area contributed by atoms with Crippen LogP contribution in [-0.2, 0) is 9.47 Å². The minimum atomic E-state index is 0.424. The van der Waals surface area contributed by atoms with Crippen LogP contribution in [0.4, 0.5) is 11.6 Å². The fourth-order valence-electron chi connectivity index (χ4n) is 1.07. The van der Waals surface area contributed by atoms with E-state index in [1.165, 1.54) is 0 Å². The van der Waals surface area contributed by atoms with Gasteiger partial charge in [0.2, 0.25) is 0 Å². The van der Waals surface area contributed by atoms with Crippen molar-refractivity contribution in [3.63, 3.8) is 0 Å². The second-order valence-electron chi connectivity index (χ2n) is 3.23. The first-order valence-corrected chi connectivity index (χ1v) is 5.22. The van der Waals surface area contributed by atoms with E-state index in [1.807, 2.05) is 0 Å². The zero-order chi connectivity index (χ0) is 11.6. The summed E-state index contributed by atoms with van der Waals surface area (Å²) in [7, 11) is 1.66. The van der Waals surface area contributed by atoms with Crippen LogP contribution < -0.4 is 11.1 Å². The number of aromatic nitrogens is 2. The first kappa shape index (κ1) is 12.7. The number of nitrogens with one attached hydrogen (secondary N) is 1. The molecule has 0 atom stereocenters. The van der Waals surface area contributed by atoms with E-state index in [1.54, 1.807) is 19.2 Å². The van der Waals surface area contributed by atoms with Gasteiger partial charge in [-0.05, 0) is 18.6 Å². The zero-order valence-electron chi connectivity index (χ0n) is 9.48. The van der Waals surface area contributed by atoms with Crippen molar-refractivity contribution < 1.29 is 9.47 Å². The fraction of sp³-hybridized carbons (Fsp3) is 0.600. The molecule has 0 aliphatic carbocycles. The Hall–Kier alpha value is -1.40. The van der Waals surface area contributed by atoms with Gasteiger partial charge in [0, 0.05) is 20.3 Å². The van der Waals surface area contributed by atoms with Crippen LogP contribution in [-0.4, -0.2) is 43.7 Å². The molecule has 6 nitrogen and oxygen atoms in total. The quantitative estimate of drug-likeness (QED) is 0.629. The molecule has 0 aromatic carbocycles. The smallest absolute Gasteiger partial charge is 0.148 e. The SMILES string of the molecule is COCCOCCCNc1ccc(N)nn1. The molecule has 0 radical (unpaired) electrons. The Morgan fingerprint density at radius 3 is 2.81 bits per heavy atom. The Balaban J connectivity index is 2.01. The summed E-state index contributed by atoms with van der Waals surface area (Å²) in [4.78, 5) is 0. The average Bonchev–Trinajstić information content (AvgIpc) is 2.30. The first-order valence-electron chi connectivity index (χ1n) is 5.22. The molecule has 0 spiro atoms. The van der Waals surface area contributed by atoms with E-state index < -0.39 is 0 Å². The van der Waals surface area contributed by atoms with Crippen LogP contribution in [0.25, 0.3) is 0 Å². The van der Waals surface area contributed by atoms with Crippen LogP contribution in [0.5, 0.6) is 0 Å². The first-order chi connectivity index (χ1) is 7.83. The Bertz CT molecular complexity index is 279. The summed E-state index contributed by atoms with van der Waals surface area (Å²) in [5.41, 5.74) is 5.42. The van der Waals surface area contributed by atoms with Gasteiger partial charge in [-0.3, -0.25) is 0 Å². The van der Waals surface area contributed by atoms with Gasteiger partial charge in [0.05, 0.1) is 13.2 Å². The molecule has 0 saturated heterocycles. The van der Waals surface area contributed by atoms with E-state index in [4.69, 9.17) is 15.2 Å². The number of hydrogen-bond donors (Lipinski definition) is 2. The third-order valence-electron chi connectivity index (χ3n) is 1.89. The highest BCUT2D eigenvalue weighted by molar-refractivity contribution is 5.38. The molecule has 1 aromatic rings. The number of rotatable bonds is 8. The van der Waals surface area contributed by atoms with E-state index in [2.05, 4.69) is 15.5 Å². The molecule has 0 aliphatic heterocycles. The van der Waals surface area contributed by atoms with E-state index in [-0.39, 0.29) is 0 Å². The topological polar surface area (TPSA) is 82.3 Å². The lowest BCUT2D eigenvalue weighted by atomic mass is 10.4. The summed E-state index contributed by atoms with van der Waals surface area (Å²) in [6.45, 7) is 2.78. The molecule has 6 heteroatoms. The predicted octanol–water partition coefficient (Wildman–Crippen LogP) is 0.524. The number of ether oxygens (including phenoxy) is 2. The molecule has 0 unspecified atom stereocenters. The zero-order valence-corrected chi connectivity index (χ0v) is 9.48. The molecule has 16 heavy (non-hydrogen) atoms. The predicted molar refractivity (Wildman–Crippen MR) is 62.2 cm³/mol. The van der Waals surface area contributed by atoms with Crippen LogP contribution in [0.1, 0.15) is 6.42 Å². The van der Waals surface area contributed by atoms with E-state index in [9.17, 15) is 0 Å². The van der Waals surface area contributed by atoms with Crippen LogP contribution in [0.15, 0.2) is 12.1 Å². The van der Waals surface area contributed by atoms with Gasteiger partial charge in [0.1, 0.15) is 11.6 Å². The highest BCUT2D eigenvalue weighted by Gasteiger charge is 1.94. The lowest BCUT2D eigenvalue weighted by molar-refractivity contribution is 0.0705. The number of hydrogen-bond acceptors (Lipinski definition) is 6. The normalized spacial score (nSPS) is 10.3. The molecule has 90 valence electrons. The average molecular weight is 226 g/mol. The maximum absolute atomic E-state index is 5.42. The monoisotopic (exact) mass is 226 g/mol. The Labute approximate surface area is 95.1 Å². The molecule has 1 aromatic heterocycles. The molecule has 1 rings (SSSR count). The molecule has 0 fully saturated rings. The third-order valence-corrected chi connectivity index (χ3v) is 1.89. The van der Waals surface area contributed by atoms with E-state index in [0.717, 1.165) is 18.8 Å². The molecular weight excluding hydrogens is 208 g/mol. The number of anilines is 2. The van der Waals surface area contributed by atoms with Crippen molar-refractivity contribution in [2.45, 2.75) is 6.42 Å². The molecule has 0 saturated carbocycles. The van der Waals surface area contributed by atoms with Crippen molar-refractivity contribution in [3.8, 4) is 0 Å². The number of nitrogens with two attached hydrogens (primary N) is 1. The summed E-state index contributed by atoms with van der Waals surface area (Å²) >= 11 is 0. The minimum Gasteiger partial charge on any atom is -0.382 e. The van der Waals surface area contributed by atoms with Gasteiger partial charge in [-0.1, -0.05) is 0 Å². The summed E-state index contributed by atoms with van der Waals surface area (Å²) < 4.78 is 10.2. The van der Waals surface area contributed by atoms with Crippen LogP contribution >= 0.6 is 0 Å². The molecular formula is C10H18N4O2. The summed E-state index contributed by atoms with van der Waals surface area (Å²) in [6, 6.07) is 3.51. The van der Waals surface area contributed by atoms with Crippen molar-refractivity contribution in [1.29, 1.82) is 0 Å². The maximum atomic E-state index is 5.42. The summed E-state index contributed by atoms with van der Waals surface area (Å²) in [5.74, 6) is 1.15. The third kappa shape index (κ3) is 5.47. The summed E-state index contributed by atoms with van der Waals surface area (Å²) in [6.07, 6.45) is 0.912. The second kappa shape index (κ2) is 7.84. The molecule has 0 bridgehead atoms. The number of methoxy groups -OCH3 is 1. The fourth-order valence-corrected chi connectivity index (χ4v) is 1.07. The van der Waals surface area contributed by atoms with Crippen LogP contribution in [0.2, 0.25) is 0 Å². The maximum Gasteiger partial charge on any atom is 0.148 e. The van der Waals surface area contributed by atoms with Crippen molar-refractivity contribution in [2.75, 3.05) is 44.5 Å².